The molecule has 0 radical (unpaired) electrons. The van der Waals surface area contributed by atoms with Gasteiger partial charge in [0.25, 0.3) is 5.91 Å². The van der Waals surface area contributed by atoms with Gasteiger partial charge in [-0.2, -0.15) is 0 Å². The summed E-state index contributed by atoms with van der Waals surface area (Å²) < 4.78 is 15.7. The Bertz CT molecular complexity index is 760. The van der Waals surface area contributed by atoms with Crippen LogP contribution in [0.2, 0.25) is 0 Å². The molecule has 0 heterocycles. The number of ether oxygens (including phenoxy) is 3. The fraction of sp³-hybridized carbons (Fsp3) is 0.333. The smallest absolute Gasteiger partial charge is 0.306 e. The normalized spacial score (nSPS) is 11.4. The highest BCUT2D eigenvalue weighted by molar-refractivity contribution is 5.83. The van der Waals surface area contributed by atoms with Crippen molar-refractivity contribution in [1.82, 2.24) is 5.32 Å². The van der Waals surface area contributed by atoms with Crippen LogP contribution in [0.1, 0.15) is 24.5 Å². The molecule has 6 nitrogen and oxygen atoms in total. The topological polar surface area (TPSA) is 73.9 Å². The van der Waals surface area contributed by atoms with Crippen molar-refractivity contribution in [2.45, 2.75) is 32.4 Å². The number of esters is 1. The average molecular weight is 371 g/mol. The molecule has 0 aliphatic carbocycles. The molecule has 1 amide bonds. The van der Waals surface area contributed by atoms with Crippen LogP contribution in [0.4, 0.5) is 0 Å². The van der Waals surface area contributed by atoms with Crippen LogP contribution in [-0.2, 0) is 27.3 Å². The van der Waals surface area contributed by atoms with E-state index in [4.69, 9.17) is 14.2 Å². The second-order valence-corrected chi connectivity index (χ2v) is 6.02. The van der Waals surface area contributed by atoms with E-state index in [1.54, 1.807) is 27.2 Å². The summed E-state index contributed by atoms with van der Waals surface area (Å²) in [6.07, 6.45) is -0.185. The fourth-order valence-corrected chi connectivity index (χ4v) is 2.52. The molecule has 144 valence electrons. The van der Waals surface area contributed by atoms with Crippen molar-refractivity contribution in [2.75, 3.05) is 14.2 Å². The second kappa shape index (κ2) is 10.2. The Hall–Kier alpha value is -3.02. The van der Waals surface area contributed by atoms with Crippen LogP contribution in [0.15, 0.2) is 48.5 Å². The summed E-state index contributed by atoms with van der Waals surface area (Å²) >= 11 is 0. The number of nitrogens with one attached hydrogen (secondary N) is 1. The standard InChI is InChI=1S/C21H25NO5/c1-15(21(24)22-14-17-7-5-4-6-8-17)27-20(23)12-10-16-9-11-18(25-2)19(13-16)26-3/h4-9,11,13,15H,10,12,14H2,1-3H3,(H,22,24)/t15-/m1/s1. The molecule has 1 atom stereocenters. The van der Waals surface area contributed by atoms with Gasteiger partial charge in [-0.05, 0) is 36.6 Å². The molecule has 0 spiro atoms. The van der Waals surface area contributed by atoms with Gasteiger partial charge in [-0.25, -0.2) is 0 Å². The lowest BCUT2D eigenvalue weighted by molar-refractivity contribution is -0.154. The molecule has 0 unspecified atom stereocenters. The van der Waals surface area contributed by atoms with Gasteiger partial charge in [-0.3, -0.25) is 9.59 Å². The number of amides is 1. The molecule has 0 bridgehead atoms. The Morgan fingerprint density at radius 1 is 0.963 bits per heavy atom. The number of carbonyl (C=O) groups excluding carboxylic acids is 2. The number of benzene rings is 2. The van der Waals surface area contributed by atoms with Gasteiger partial charge in [0, 0.05) is 13.0 Å². The summed E-state index contributed by atoms with van der Waals surface area (Å²) in [5.41, 5.74) is 1.91. The molecule has 0 saturated heterocycles. The average Bonchev–Trinajstić information content (AvgIpc) is 2.70. The first-order chi connectivity index (χ1) is 13.0. The van der Waals surface area contributed by atoms with Crippen LogP contribution in [0.25, 0.3) is 0 Å². The van der Waals surface area contributed by atoms with E-state index < -0.39 is 12.1 Å². The zero-order chi connectivity index (χ0) is 19.6. The van der Waals surface area contributed by atoms with Crippen LogP contribution in [-0.4, -0.2) is 32.2 Å². The number of aryl methyl sites for hydroxylation is 1. The summed E-state index contributed by atoms with van der Waals surface area (Å²) in [6, 6.07) is 15.0. The number of hydrogen-bond donors (Lipinski definition) is 1. The molecule has 0 aliphatic heterocycles. The fourth-order valence-electron chi connectivity index (χ4n) is 2.52. The van der Waals surface area contributed by atoms with Crippen molar-refractivity contribution >= 4 is 11.9 Å². The predicted octanol–water partition coefficient (Wildman–Crippen LogP) is 2.88. The lowest BCUT2D eigenvalue weighted by Crippen LogP contribution is -2.35. The zero-order valence-corrected chi connectivity index (χ0v) is 15.9. The maximum atomic E-state index is 12.1. The summed E-state index contributed by atoms with van der Waals surface area (Å²) in [6.45, 7) is 1.96. The third-order valence-electron chi connectivity index (χ3n) is 4.05. The predicted molar refractivity (Wildman–Crippen MR) is 102 cm³/mol. The summed E-state index contributed by atoms with van der Waals surface area (Å²) in [5.74, 6) is 0.495. The van der Waals surface area contributed by atoms with E-state index in [1.807, 2.05) is 42.5 Å². The Morgan fingerprint density at radius 2 is 1.67 bits per heavy atom. The minimum atomic E-state index is -0.841. The Kier molecular flexibility index (Phi) is 7.67. The molecule has 1 N–H and O–H groups in total. The molecule has 27 heavy (non-hydrogen) atoms. The number of methoxy groups -OCH3 is 2. The van der Waals surface area contributed by atoms with Crippen molar-refractivity contribution in [1.29, 1.82) is 0 Å². The molecule has 2 aromatic rings. The Morgan fingerprint density at radius 3 is 2.33 bits per heavy atom. The second-order valence-electron chi connectivity index (χ2n) is 6.02. The largest absolute Gasteiger partial charge is 0.493 e. The van der Waals surface area contributed by atoms with Crippen molar-refractivity contribution in [2.24, 2.45) is 0 Å². The van der Waals surface area contributed by atoms with E-state index in [2.05, 4.69) is 5.32 Å². The van der Waals surface area contributed by atoms with Crippen LogP contribution in [0.3, 0.4) is 0 Å². The Labute approximate surface area is 159 Å². The van der Waals surface area contributed by atoms with Gasteiger partial charge in [0.2, 0.25) is 0 Å². The summed E-state index contributed by atoms with van der Waals surface area (Å²) in [7, 11) is 3.13. The maximum absolute atomic E-state index is 12.1. The van der Waals surface area contributed by atoms with Gasteiger partial charge in [0.1, 0.15) is 0 Å². The minimum absolute atomic E-state index is 0.172. The van der Waals surface area contributed by atoms with E-state index in [-0.39, 0.29) is 12.3 Å². The minimum Gasteiger partial charge on any atom is -0.493 e. The SMILES string of the molecule is COc1ccc(CCC(=O)O[C@H](C)C(=O)NCc2ccccc2)cc1OC. The van der Waals surface area contributed by atoms with Crippen LogP contribution in [0.5, 0.6) is 11.5 Å². The van der Waals surface area contributed by atoms with Crippen LogP contribution in [0, 0.1) is 0 Å². The van der Waals surface area contributed by atoms with E-state index >= 15 is 0 Å². The van der Waals surface area contributed by atoms with Crippen LogP contribution < -0.4 is 14.8 Å². The van der Waals surface area contributed by atoms with Gasteiger partial charge in [0.05, 0.1) is 14.2 Å². The van der Waals surface area contributed by atoms with Crippen molar-refractivity contribution in [3.05, 3.63) is 59.7 Å². The van der Waals surface area contributed by atoms with Gasteiger partial charge in [0.15, 0.2) is 17.6 Å². The number of hydrogen-bond acceptors (Lipinski definition) is 5. The van der Waals surface area contributed by atoms with E-state index in [0.717, 1.165) is 11.1 Å². The van der Waals surface area contributed by atoms with Crippen LogP contribution >= 0.6 is 0 Å². The highest BCUT2D eigenvalue weighted by atomic mass is 16.5. The number of rotatable bonds is 9. The molecule has 2 aromatic carbocycles. The van der Waals surface area contributed by atoms with Gasteiger partial charge < -0.3 is 19.5 Å². The van der Waals surface area contributed by atoms with Crippen molar-refractivity contribution in [3.8, 4) is 11.5 Å². The third-order valence-corrected chi connectivity index (χ3v) is 4.05. The number of carbonyl (C=O) groups is 2. The lowest BCUT2D eigenvalue weighted by Gasteiger charge is -2.14. The first-order valence-electron chi connectivity index (χ1n) is 8.75. The Balaban J connectivity index is 1.78. The molecule has 0 saturated carbocycles. The van der Waals surface area contributed by atoms with Gasteiger partial charge in [-0.1, -0.05) is 36.4 Å². The molecule has 0 aliphatic rings. The molecule has 0 aromatic heterocycles. The quantitative estimate of drug-likeness (QED) is 0.686. The van der Waals surface area contributed by atoms with Crippen molar-refractivity contribution in [3.63, 3.8) is 0 Å². The van der Waals surface area contributed by atoms with E-state index in [0.29, 0.717) is 24.5 Å². The first-order valence-corrected chi connectivity index (χ1v) is 8.75. The highest BCUT2D eigenvalue weighted by Crippen LogP contribution is 2.28. The molecular weight excluding hydrogens is 346 g/mol. The van der Waals surface area contributed by atoms with Crippen molar-refractivity contribution < 1.29 is 23.8 Å². The molecular formula is C21H25NO5. The molecule has 0 fully saturated rings. The van der Waals surface area contributed by atoms with Gasteiger partial charge in [-0.15, -0.1) is 0 Å². The summed E-state index contributed by atoms with van der Waals surface area (Å²) in [4.78, 5) is 24.1. The monoisotopic (exact) mass is 371 g/mol. The van der Waals surface area contributed by atoms with E-state index in [1.165, 1.54) is 0 Å². The zero-order valence-electron chi connectivity index (χ0n) is 15.9. The summed E-state index contributed by atoms with van der Waals surface area (Å²) in [5, 5.41) is 2.76. The highest BCUT2D eigenvalue weighted by Gasteiger charge is 2.17. The lowest BCUT2D eigenvalue weighted by atomic mass is 10.1. The van der Waals surface area contributed by atoms with E-state index in [9.17, 15) is 9.59 Å². The maximum Gasteiger partial charge on any atom is 0.306 e. The third kappa shape index (κ3) is 6.33. The first kappa shape index (κ1) is 20.3. The molecule has 6 heteroatoms. The molecule has 2 rings (SSSR count). The van der Waals surface area contributed by atoms with Gasteiger partial charge >= 0.3 is 5.97 Å².